The number of carboxylic acid groups (broad SMARTS) is 1. The highest BCUT2D eigenvalue weighted by molar-refractivity contribution is 7.09. The Bertz CT molecular complexity index is 867. The molecule has 0 radical (unpaired) electrons. The van der Waals surface area contributed by atoms with Gasteiger partial charge in [0.25, 0.3) is 0 Å². The monoisotopic (exact) mass is 496 g/mol. The van der Waals surface area contributed by atoms with Gasteiger partial charge in [-0.3, -0.25) is 14.5 Å². The van der Waals surface area contributed by atoms with E-state index in [1.54, 1.807) is 50.9 Å². The molecule has 1 aromatic heterocycles. The lowest BCUT2D eigenvalue weighted by molar-refractivity contribution is -0.142. The van der Waals surface area contributed by atoms with Crippen molar-refractivity contribution in [1.29, 1.82) is 0 Å². The standard InChI is InChI=1S/C24H40N4O5S/c1-10-15(11-2)19(26-23(33)24(5,6)27(7)8)21(30)28(9)17(14(3)4)12-18(29)20-25-16(13-34-20)22(31)32/h10,13-15,17-19,29H,1,11-12H2,2-9H3,(H,26,33)(H,31,32)/t15-,17+,18+,19-/m0/s1. The molecule has 4 atom stereocenters. The lowest BCUT2D eigenvalue weighted by Crippen LogP contribution is -2.60. The van der Waals surface area contributed by atoms with E-state index in [1.807, 2.05) is 20.8 Å². The van der Waals surface area contributed by atoms with Crippen molar-refractivity contribution < 1.29 is 24.6 Å². The van der Waals surface area contributed by atoms with Gasteiger partial charge in [0.1, 0.15) is 17.2 Å². The number of aromatic carboxylic acids is 1. The van der Waals surface area contributed by atoms with E-state index >= 15 is 0 Å². The summed E-state index contributed by atoms with van der Waals surface area (Å²) in [4.78, 5) is 45.2. The maximum absolute atomic E-state index is 13.7. The molecule has 3 N–H and O–H groups in total. The van der Waals surface area contributed by atoms with Crippen molar-refractivity contribution in [2.45, 2.75) is 71.2 Å². The Balaban J connectivity index is 3.18. The van der Waals surface area contributed by atoms with Crippen LogP contribution in [0.5, 0.6) is 0 Å². The fourth-order valence-electron chi connectivity index (χ4n) is 3.54. The summed E-state index contributed by atoms with van der Waals surface area (Å²) in [5.41, 5.74) is -0.940. The van der Waals surface area contributed by atoms with Crippen LogP contribution in [0.15, 0.2) is 18.0 Å². The number of hydrogen-bond donors (Lipinski definition) is 3. The van der Waals surface area contributed by atoms with Gasteiger partial charge < -0.3 is 20.4 Å². The van der Waals surface area contributed by atoms with Gasteiger partial charge in [-0.2, -0.15) is 0 Å². The molecular formula is C24H40N4O5S. The van der Waals surface area contributed by atoms with Crippen molar-refractivity contribution in [3.63, 3.8) is 0 Å². The summed E-state index contributed by atoms with van der Waals surface area (Å²) in [7, 11) is 5.27. The molecule has 0 aromatic carbocycles. The Kier molecular flexibility index (Phi) is 10.9. The minimum absolute atomic E-state index is 0.0131. The smallest absolute Gasteiger partial charge is 0.355 e. The Hall–Kier alpha value is -2.30. The van der Waals surface area contributed by atoms with Gasteiger partial charge in [-0.25, -0.2) is 9.78 Å². The van der Waals surface area contributed by atoms with E-state index in [-0.39, 0.29) is 41.8 Å². The van der Waals surface area contributed by atoms with Gasteiger partial charge in [0.15, 0.2) is 5.69 Å². The zero-order valence-electron chi connectivity index (χ0n) is 21.5. The van der Waals surface area contributed by atoms with Crippen LogP contribution in [-0.4, -0.2) is 81.5 Å². The normalized spacial score (nSPS) is 15.5. The zero-order chi connectivity index (χ0) is 26.4. The first kappa shape index (κ1) is 29.7. The maximum atomic E-state index is 13.7. The number of amides is 2. The molecule has 0 bridgehead atoms. The van der Waals surface area contributed by atoms with Crippen molar-refractivity contribution in [2.75, 3.05) is 21.1 Å². The number of aromatic nitrogens is 1. The van der Waals surface area contributed by atoms with Crippen molar-refractivity contribution in [3.05, 3.63) is 28.7 Å². The lowest BCUT2D eigenvalue weighted by Gasteiger charge is -2.38. The summed E-state index contributed by atoms with van der Waals surface area (Å²) >= 11 is 1.07. The largest absolute Gasteiger partial charge is 0.476 e. The number of carbonyl (C=O) groups is 3. The third-order valence-corrected chi connectivity index (χ3v) is 7.48. The minimum atomic E-state index is -1.16. The van der Waals surface area contributed by atoms with Crippen LogP contribution >= 0.6 is 11.3 Å². The lowest BCUT2D eigenvalue weighted by atomic mass is 9.91. The Labute approximate surface area is 206 Å². The number of hydrogen-bond acceptors (Lipinski definition) is 7. The highest BCUT2D eigenvalue weighted by atomic mass is 32.1. The van der Waals surface area contributed by atoms with Crippen LogP contribution < -0.4 is 5.32 Å². The van der Waals surface area contributed by atoms with Gasteiger partial charge in [0.2, 0.25) is 11.8 Å². The topological polar surface area (TPSA) is 123 Å². The molecular weight excluding hydrogens is 456 g/mol. The molecule has 0 unspecified atom stereocenters. The van der Waals surface area contributed by atoms with E-state index in [2.05, 4.69) is 16.9 Å². The highest BCUT2D eigenvalue weighted by Gasteiger charge is 2.38. The molecule has 0 aliphatic heterocycles. The van der Waals surface area contributed by atoms with Gasteiger partial charge >= 0.3 is 5.97 Å². The number of carboxylic acids is 1. The van der Waals surface area contributed by atoms with Crippen LogP contribution in [0.3, 0.4) is 0 Å². The first-order valence-corrected chi connectivity index (χ1v) is 12.3. The van der Waals surface area contributed by atoms with Crippen LogP contribution in [0.4, 0.5) is 0 Å². The molecule has 9 nitrogen and oxygen atoms in total. The number of thiazole rings is 1. The predicted octanol–water partition coefficient (Wildman–Crippen LogP) is 2.79. The summed E-state index contributed by atoms with van der Waals surface area (Å²) in [6.07, 6.45) is 1.45. The quantitative estimate of drug-likeness (QED) is 0.359. The molecule has 0 saturated carbocycles. The summed E-state index contributed by atoms with van der Waals surface area (Å²) in [5.74, 6) is -1.98. The Morgan fingerprint density at radius 3 is 2.26 bits per heavy atom. The summed E-state index contributed by atoms with van der Waals surface area (Å²) in [6.45, 7) is 13.2. The second-order valence-electron chi connectivity index (χ2n) is 9.60. The van der Waals surface area contributed by atoms with E-state index in [9.17, 15) is 19.5 Å². The molecule has 10 heteroatoms. The van der Waals surface area contributed by atoms with Gasteiger partial charge in [-0.05, 0) is 40.3 Å². The van der Waals surface area contributed by atoms with E-state index in [0.717, 1.165) is 11.3 Å². The van der Waals surface area contributed by atoms with Gasteiger partial charge in [-0.15, -0.1) is 17.9 Å². The molecule has 1 heterocycles. The fraction of sp³-hybridized carbons (Fsp3) is 0.667. The number of carbonyl (C=O) groups excluding carboxylic acids is 2. The average Bonchev–Trinajstić information content (AvgIpc) is 3.26. The van der Waals surface area contributed by atoms with E-state index in [4.69, 9.17) is 5.11 Å². The van der Waals surface area contributed by atoms with Gasteiger partial charge in [-0.1, -0.05) is 26.8 Å². The Morgan fingerprint density at radius 1 is 1.26 bits per heavy atom. The first-order chi connectivity index (χ1) is 15.7. The average molecular weight is 497 g/mol. The molecule has 0 aliphatic rings. The second-order valence-corrected chi connectivity index (χ2v) is 10.5. The van der Waals surface area contributed by atoms with Crippen LogP contribution in [0.25, 0.3) is 0 Å². The highest BCUT2D eigenvalue weighted by Crippen LogP contribution is 2.28. The van der Waals surface area contributed by atoms with E-state index < -0.39 is 23.7 Å². The van der Waals surface area contributed by atoms with Crippen molar-refractivity contribution in [3.8, 4) is 0 Å². The molecule has 0 spiro atoms. The molecule has 192 valence electrons. The molecule has 2 amide bonds. The Morgan fingerprint density at radius 2 is 1.85 bits per heavy atom. The molecule has 1 rings (SSSR count). The van der Waals surface area contributed by atoms with Gasteiger partial charge in [0.05, 0.1) is 5.54 Å². The van der Waals surface area contributed by atoms with Crippen LogP contribution in [0, 0.1) is 11.8 Å². The summed E-state index contributed by atoms with van der Waals surface area (Å²) in [5, 5.41) is 24.5. The number of likely N-dealkylation sites (N-methyl/N-ethyl adjacent to an activating group) is 2. The van der Waals surface area contributed by atoms with Crippen molar-refractivity contribution in [2.24, 2.45) is 11.8 Å². The molecule has 0 saturated heterocycles. The number of rotatable bonds is 13. The third-order valence-electron chi connectivity index (χ3n) is 6.53. The number of aliphatic hydroxyl groups excluding tert-OH is 1. The third kappa shape index (κ3) is 7.10. The van der Waals surface area contributed by atoms with Crippen LogP contribution in [-0.2, 0) is 9.59 Å². The van der Waals surface area contributed by atoms with Crippen molar-refractivity contribution >= 4 is 29.1 Å². The minimum Gasteiger partial charge on any atom is -0.476 e. The van der Waals surface area contributed by atoms with Crippen molar-refractivity contribution in [1.82, 2.24) is 20.1 Å². The number of nitrogens with zero attached hydrogens (tertiary/aromatic N) is 3. The second kappa shape index (κ2) is 12.4. The number of aliphatic hydroxyl groups is 1. The van der Waals surface area contributed by atoms with E-state index in [1.165, 1.54) is 5.38 Å². The predicted molar refractivity (Wildman–Crippen MR) is 134 cm³/mol. The molecule has 1 aromatic rings. The number of nitrogens with one attached hydrogen (secondary N) is 1. The molecule has 34 heavy (non-hydrogen) atoms. The van der Waals surface area contributed by atoms with Crippen LogP contribution in [0.1, 0.15) is 69.1 Å². The van der Waals surface area contributed by atoms with Crippen LogP contribution in [0.2, 0.25) is 0 Å². The molecule has 0 fully saturated rings. The first-order valence-electron chi connectivity index (χ1n) is 11.4. The summed E-state index contributed by atoms with van der Waals surface area (Å²) < 4.78 is 0. The van der Waals surface area contributed by atoms with E-state index in [0.29, 0.717) is 11.4 Å². The zero-order valence-corrected chi connectivity index (χ0v) is 22.3. The summed E-state index contributed by atoms with van der Waals surface area (Å²) in [6, 6.07) is -1.18. The molecule has 0 aliphatic carbocycles. The van der Waals surface area contributed by atoms with Gasteiger partial charge in [0, 0.05) is 30.8 Å². The maximum Gasteiger partial charge on any atom is 0.355 e. The fourth-order valence-corrected chi connectivity index (χ4v) is 4.33. The SMILES string of the molecule is C=C[C@@H](CC)[C@H](NC(=O)C(C)(C)N(C)C)C(=O)N(C)[C@H](C[C@@H](O)c1nc(C(=O)O)cs1)C(C)C.